The minimum Gasteiger partial charge on any atom is -0.508 e. The van der Waals surface area contributed by atoms with Gasteiger partial charge in [0.2, 0.25) is 47.3 Å². The van der Waals surface area contributed by atoms with Gasteiger partial charge in [0.15, 0.2) is 0 Å². The zero-order valence-electron chi connectivity index (χ0n) is 40.9. The third-order valence-corrected chi connectivity index (χ3v) is 13.8. The molecule has 8 amide bonds. The van der Waals surface area contributed by atoms with Crippen LogP contribution in [0.25, 0.3) is 0 Å². The Morgan fingerprint density at radius 2 is 1.34 bits per heavy atom. The number of hydrogen-bond acceptors (Lipinski definition) is 10. The van der Waals surface area contributed by atoms with Crippen LogP contribution < -0.4 is 32.3 Å². The van der Waals surface area contributed by atoms with Crippen LogP contribution in [0.4, 0.5) is 0 Å². The SMILES string of the molecule is CCC(C)CC(C)CCCCCCCCC(=O)NC1CCCNC(=O)C2CCCN2C(=O)C(CCC(N)=O)NC(=O)C(C(O)Cc2ccc(O)cc2)NC(=O)C2CCCN2C(=O)C(CC)NC1=O. The number of nitrogens with one attached hydrogen (secondary N) is 5. The smallest absolute Gasteiger partial charge is 0.245 e. The fourth-order valence-electron chi connectivity index (χ4n) is 9.63. The Balaban J connectivity index is 1.53. The highest BCUT2D eigenvalue weighted by atomic mass is 16.3. The summed E-state index contributed by atoms with van der Waals surface area (Å²) < 4.78 is 0. The Labute approximate surface area is 402 Å². The Bertz CT molecular complexity index is 1850. The Morgan fingerprint density at radius 1 is 0.735 bits per heavy atom. The van der Waals surface area contributed by atoms with Crippen LogP contribution in [0, 0.1) is 11.8 Å². The minimum atomic E-state index is -1.67. The molecule has 0 bridgehead atoms. The molecule has 18 heteroatoms. The third kappa shape index (κ3) is 17.4. The summed E-state index contributed by atoms with van der Waals surface area (Å²) in [6.07, 6.45) is 9.67. The monoisotopic (exact) mass is 953 g/mol. The number of amides is 8. The standard InChI is InChI=1S/C50H80N8O10/c1-5-32(3)30-33(4)16-11-9-7-8-10-12-20-43(62)53-37-17-13-27-52-46(64)39-18-14-28-57(39)50(68)38(25-26-42(51)61)55-48(66)44(41(60)31-34-21-23-35(59)24-22-34)56-47(65)40-19-15-29-58(40)49(67)36(6-2)54-45(37)63/h21-24,32-33,36-41,44,59-60H,5-20,25-31H2,1-4H3,(H2,51,61)(H,52,64)(H,53,62)(H,54,63)(H,55,66)(H,56,65). The number of unbranched alkanes of at least 4 members (excludes halogenated alkanes) is 5. The molecular weight excluding hydrogens is 873 g/mol. The van der Waals surface area contributed by atoms with Crippen molar-refractivity contribution >= 4 is 47.3 Å². The molecule has 3 aliphatic rings. The van der Waals surface area contributed by atoms with Crippen LogP contribution in [0.3, 0.4) is 0 Å². The molecule has 68 heavy (non-hydrogen) atoms. The van der Waals surface area contributed by atoms with Crippen molar-refractivity contribution in [1.82, 2.24) is 36.4 Å². The second-order valence-electron chi connectivity index (χ2n) is 19.4. The molecule has 380 valence electrons. The molecule has 9 atom stereocenters. The minimum absolute atomic E-state index is 0.0237. The highest BCUT2D eigenvalue weighted by molar-refractivity contribution is 5.98. The molecule has 1 aromatic rings. The first-order valence-corrected chi connectivity index (χ1v) is 25.4. The number of nitrogens with zero attached hydrogens (tertiary/aromatic N) is 2. The maximum Gasteiger partial charge on any atom is 0.245 e. The van der Waals surface area contributed by atoms with Gasteiger partial charge in [-0.2, -0.15) is 0 Å². The van der Waals surface area contributed by atoms with Crippen molar-refractivity contribution in [2.45, 2.75) is 198 Å². The summed E-state index contributed by atoms with van der Waals surface area (Å²) in [5, 5.41) is 35.2. The lowest BCUT2D eigenvalue weighted by atomic mass is 9.91. The molecule has 1 aromatic carbocycles. The van der Waals surface area contributed by atoms with Crippen LogP contribution in [-0.4, -0.2) is 129 Å². The number of aromatic hydroxyl groups is 1. The Morgan fingerprint density at radius 3 is 1.97 bits per heavy atom. The first kappa shape index (κ1) is 55.3. The van der Waals surface area contributed by atoms with Crippen molar-refractivity contribution in [3.63, 3.8) is 0 Å². The van der Waals surface area contributed by atoms with Crippen molar-refractivity contribution in [3.05, 3.63) is 29.8 Å². The number of benzene rings is 1. The van der Waals surface area contributed by atoms with E-state index in [4.69, 9.17) is 5.73 Å². The zero-order valence-corrected chi connectivity index (χ0v) is 40.9. The van der Waals surface area contributed by atoms with Crippen LogP contribution in [0.2, 0.25) is 0 Å². The first-order chi connectivity index (χ1) is 32.5. The first-order valence-electron chi connectivity index (χ1n) is 25.4. The molecule has 0 spiro atoms. The summed E-state index contributed by atoms with van der Waals surface area (Å²) in [4.78, 5) is 113. The summed E-state index contributed by atoms with van der Waals surface area (Å²) in [5.41, 5.74) is 5.98. The van der Waals surface area contributed by atoms with Gasteiger partial charge in [0.1, 0.15) is 42.0 Å². The van der Waals surface area contributed by atoms with E-state index in [-0.39, 0.29) is 82.7 Å². The summed E-state index contributed by atoms with van der Waals surface area (Å²) in [7, 11) is 0. The van der Waals surface area contributed by atoms with Crippen molar-refractivity contribution in [2.75, 3.05) is 19.6 Å². The maximum atomic E-state index is 14.2. The average Bonchev–Trinajstić information content (AvgIpc) is 4.02. The summed E-state index contributed by atoms with van der Waals surface area (Å²) in [6.45, 7) is 9.05. The fourth-order valence-corrected chi connectivity index (χ4v) is 9.63. The Hall–Kier alpha value is -5.26. The number of phenolic OH excluding ortho intramolecular Hbond substituents is 1. The number of nitrogens with two attached hydrogens (primary N) is 1. The predicted molar refractivity (Wildman–Crippen MR) is 256 cm³/mol. The molecule has 3 saturated heterocycles. The number of carbonyl (C=O) groups is 8. The van der Waals surface area contributed by atoms with E-state index in [1.165, 1.54) is 59.7 Å². The van der Waals surface area contributed by atoms with Crippen LogP contribution >= 0.6 is 0 Å². The van der Waals surface area contributed by atoms with Crippen LogP contribution in [0.1, 0.15) is 155 Å². The van der Waals surface area contributed by atoms with Gasteiger partial charge in [0.25, 0.3) is 0 Å². The van der Waals surface area contributed by atoms with Gasteiger partial charge in [-0.25, -0.2) is 0 Å². The average molecular weight is 953 g/mol. The molecule has 0 saturated carbocycles. The van der Waals surface area contributed by atoms with Crippen LogP contribution in [-0.2, 0) is 44.8 Å². The van der Waals surface area contributed by atoms with E-state index in [1.807, 2.05) is 0 Å². The molecule has 3 heterocycles. The normalized spacial score (nSPS) is 24.9. The number of phenols is 1. The lowest BCUT2D eigenvalue weighted by Gasteiger charge is -2.32. The molecule has 3 fully saturated rings. The lowest BCUT2D eigenvalue weighted by molar-refractivity contribution is -0.144. The Kier molecular flexibility index (Phi) is 23.0. The van der Waals surface area contributed by atoms with Crippen LogP contribution in [0.15, 0.2) is 24.3 Å². The summed E-state index contributed by atoms with van der Waals surface area (Å²) >= 11 is 0. The summed E-state index contributed by atoms with van der Waals surface area (Å²) in [6, 6.07) is -1.25. The van der Waals surface area contributed by atoms with Gasteiger partial charge >= 0.3 is 0 Å². The van der Waals surface area contributed by atoms with E-state index in [2.05, 4.69) is 47.4 Å². The fraction of sp³-hybridized carbons (Fsp3) is 0.720. The largest absolute Gasteiger partial charge is 0.508 e. The van der Waals surface area contributed by atoms with E-state index < -0.39 is 83.7 Å². The number of rotatable bonds is 20. The number of aliphatic hydroxyl groups is 1. The molecule has 0 aliphatic carbocycles. The second-order valence-corrected chi connectivity index (χ2v) is 19.4. The van der Waals surface area contributed by atoms with Gasteiger partial charge in [-0.3, -0.25) is 38.4 Å². The maximum absolute atomic E-state index is 14.2. The molecule has 0 aromatic heterocycles. The molecule has 9 unspecified atom stereocenters. The van der Waals surface area contributed by atoms with Gasteiger partial charge in [-0.15, -0.1) is 0 Å². The topological polar surface area (TPSA) is 270 Å². The van der Waals surface area contributed by atoms with E-state index in [1.54, 1.807) is 6.92 Å². The van der Waals surface area contributed by atoms with Gasteiger partial charge in [-0.05, 0) is 93.7 Å². The third-order valence-electron chi connectivity index (χ3n) is 13.8. The van der Waals surface area contributed by atoms with Crippen molar-refractivity contribution in [2.24, 2.45) is 17.6 Å². The zero-order chi connectivity index (χ0) is 49.8. The number of carbonyl (C=O) groups excluding carboxylic acids is 8. The predicted octanol–water partition coefficient (Wildman–Crippen LogP) is 3.00. The van der Waals surface area contributed by atoms with Gasteiger partial charge < -0.3 is 52.3 Å². The van der Waals surface area contributed by atoms with Gasteiger partial charge in [0.05, 0.1) is 6.10 Å². The molecule has 3 aliphatic heterocycles. The van der Waals surface area contributed by atoms with Crippen LogP contribution in [0.5, 0.6) is 5.75 Å². The van der Waals surface area contributed by atoms with Crippen molar-refractivity contribution in [1.29, 1.82) is 0 Å². The van der Waals surface area contributed by atoms with Crippen molar-refractivity contribution in [3.8, 4) is 5.75 Å². The van der Waals surface area contributed by atoms with E-state index >= 15 is 0 Å². The van der Waals surface area contributed by atoms with Gasteiger partial charge in [0, 0.05) is 38.9 Å². The highest BCUT2D eigenvalue weighted by Gasteiger charge is 2.42. The summed E-state index contributed by atoms with van der Waals surface area (Å²) in [5.74, 6) is -3.51. The number of aliphatic hydroxyl groups excluding tert-OH is 1. The second kappa shape index (κ2) is 28.3. The van der Waals surface area contributed by atoms with Gasteiger partial charge in [-0.1, -0.05) is 84.8 Å². The quantitative estimate of drug-likeness (QED) is 0.0886. The highest BCUT2D eigenvalue weighted by Crippen LogP contribution is 2.24. The molecule has 18 nitrogen and oxygen atoms in total. The number of primary amides is 1. The van der Waals surface area contributed by atoms with E-state index in [0.717, 1.165) is 37.5 Å². The van der Waals surface area contributed by atoms with E-state index in [0.29, 0.717) is 31.2 Å². The lowest BCUT2D eigenvalue weighted by Crippen LogP contribution is -2.61. The molecule has 0 radical (unpaired) electrons. The van der Waals surface area contributed by atoms with E-state index in [9.17, 15) is 48.6 Å². The molecular formula is C50H80N8O10. The molecule has 4 rings (SSSR count). The number of fused-ring (bicyclic) bond motifs is 2. The molecule has 9 N–H and O–H groups in total. The van der Waals surface area contributed by atoms with Crippen molar-refractivity contribution < 1.29 is 48.6 Å². The number of hydrogen-bond donors (Lipinski definition) is 8.